The van der Waals surface area contributed by atoms with Gasteiger partial charge in [-0.05, 0) is 62.6 Å². The first-order valence-corrected chi connectivity index (χ1v) is 8.94. The van der Waals surface area contributed by atoms with Crippen molar-refractivity contribution >= 4 is 0 Å². The Balaban J connectivity index is 1.59. The Labute approximate surface area is 128 Å². The van der Waals surface area contributed by atoms with Crippen LogP contribution in [0.2, 0.25) is 0 Å². The molecule has 2 heteroatoms. The Morgan fingerprint density at radius 2 is 1.86 bits per heavy atom. The second kappa shape index (κ2) is 5.73. The number of hydrogen-bond donors (Lipinski definition) is 1. The fourth-order valence-corrected chi connectivity index (χ4v) is 5.10. The van der Waals surface area contributed by atoms with Crippen molar-refractivity contribution in [2.24, 2.45) is 0 Å². The standard InChI is InChI=1S/C19H28N2/c1-2-21(17-12-15-10-11-16(13-17)20-15)19-9-5-7-14-6-3-4-8-18(14)19/h3-4,6,8,15-17,19-20H,2,5,7,9-13H2,1H3. The van der Waals surface area contributed by atoms with E-state index in [0.717, 1.165) is 18.1 Å². The number of hydrogen-bond acceptors (Lipinski definition) is 2. The first-order valence-electron chi connectivity index (χ1n) is 8.94. The second-order valence-electron chi connectivity index (χ2n) is 7.20. The average Bonchev–Trinajstić information content (AvgIpc) is 2.87. The predicted octanol–water partition coefficient (Wildman–Crippen LogP) is 3.67. The Hall–Kier alpha value is -0.860. The van der Waals surface area contributed by atoms with E-state index in [-0.39, 0.29) is 0 Å². The summed E-state index contributed by atoms with van der Waals surface area (Å²) in [5, 5.41) is 3.79. The van der Waals surface area contributed by atoms with Crippen molar-refractivity contribution in [1.29, 1.82) is 0 Å². The summed E-state index contributed by atoms with van der Waals surface area (Å²) in [5.41, 5.74) is 3.22. The maximum Gasteiger partial charge on any atom is 0.0353 e. The van der Waals surface area contributed by atoms with Crippen molar-refractivity contribution in [1.82, 2.24) is 10.2 Å². The number of aryl methyl sites for hydroxylation is 1. The molecule has 4 rings (SSSR count). The molecule has 0 amide bonds. The lowest BCUT2D eigenvalue weighted by atomic mass is 9.85. The summed E-state index contributed by atoms with van der Waals surface area (Å²) in [4.78, 5) is 2.84. The highest BCUT2D eigenvalue weighted by Gasteiger charge is 2.38. The molecule has 2 saturated heterocycles. The van der Waals surface area contributed by atoms with E-state index in [1.54, 1.807) is 11.1 Å². The van der Waals surface area contributed by atoms with Gasteiger partial charge in [-0.1, -0.05) is 31.2 Å². The van der Waals surface area contributed by atoms with Gasteiger partial charge >= 0.3 is 0 Å². The minimum Gasteiger partial charge on any atom is -0.311 e. The number of piperidine rings is 1. The molecule has 3 unspecified atom stereocenters. The predicted molar refractivity (Wildman–Crippen MR) is 87.5 cm³/mol. The normalized spacial score (nSPS) is 35.0. The summed E-state index contributed by atoms with van der Waals surface area (Å²) in [6.45, 7) is 3.56. The van der Waals surface area contributed by atoms with Crippen molar-refractivity contribution < 1.29 is 0 Å². The van der Waals surface area contributed by atoms with Crippen LogP contribution >= 0.6 is 0 Å². The van der Waals surface area contributed by atoms with Gasteiger partial charge in [-0.25, -0.2) is 0 Å². The summed E-state index contributed by atoms with van der Waals surface area (Å²) < 4.78 is 0. The molecule has 21 heavy (non-hydrogen) atoms. The summed E-state index contributed by atoms with van der Waals surface area (Å²) in [5.74, 6) is 0. The van der Waals surface area contributed by atoms with E-state index >= 15 is 0 Å². The molecule has 2 aliphatic heterocycles. The van der Waals surface area contributed by atoms with Crippen molar-refractivity contribution in [2.45, 2.75) is 76.0 Å². The molecular formula is C19H28N2. The molecule has 0 saturated carbocycles. The number of benzene rings is 1. The van der Waals surface area contributed by atoms with Gasteiger partial charge in [0.1, 0.15) is 0 Å². The minimum atomic E-state index is 0.669. The molecule has 114 valence electrons. The van der Waals surface area contributed by atoms with Gasteiger partial charge in [0.2, 0.25) is 0 Å². The molecule has 0 spiro atoms. The van der Waals surface area contributed by atoms with Crippen LogP contribution in [0.3, 0.4) is 0 Å². The fourth-order valence-electron chi connectivity index (χ4n) is 5.10. The molecule has 3 aliphatic rings. The molecular weight excluding hydrogens is 256 g/mol. The molecule has 2 fully saturated rings. The number of nitrogens with zero attached hydrogens (tertiary/aromatic N) is 1. The van der Waals surface area contributed by atoms with E-state index in [9.17, 15) is 0 Å². The van der Waals surface area contributed by atoms with Crippen LogP contribution in [0.4, 0.5) is 0 Å². The summed E-state index contributed by atoms with van der Waals surface area (Å²) in [7, 11) is 0. The highest BCUT2D eigenvalue weighted by atomic mass is 15.2. The SMILES string of the molecule is CCN(C1CC2CCC(C1)N2)C1CCCc2ccccc21. The number of rotatable bonds is 3. The highest BCUT2D eigenvalue weighted by molar-refractivity contribution is 5.32. The summed E-state index contributed by atoms with van der Waals surface area (Å²) >= 11 is 0. The topological polar surface area (TPSA) is 15.3 Å². The Morgan fingerprint density at radius 3 is 2.62 bits per heavy atom. The third-order valence-corrected chi connectivity index (χ3v) is 6.02. The van der Waals surface area contributed by atoms with Crippen LogP contribution in [0.1, 0.15) is 62.6 Å². The quantitative estimate of drug-likeness (QED) is 0.911. The molecule has 2 bridgehead atoms. The van der Waals surface area contributed by atoms with Crippen molar-refractivity contribution in [2.75, 3.05) is 6.54 Å². The minimum absolute atomic E-state index is 0.669. The average molecular weight is 284 g/mol. The van der Waals surface area contributed by atoms with Crippen LogP contribution in [-0.2, 0) is 6.42 Å². The molecule has 0 radical (unpaired) electrons. The third kappa shape index (κ3) is 2.53. The monoisotopic (exact) mass is 284 g/mol. The second-order valence-corrected chi connectivity index (χ2v) is 7.20. The Kier molecular flexibility index (Phi) is 3.76. The van der Waals surface area contributed by atoms with Crippen LogP contribution in [0, 0.1) is 0 Å². The highest BCUT2D eigenvalue weighted by Crippen LogP contribution is 2.39. The zero-order valence-corrected chi connectivity index (χ0v) is 13.2. The largest absolute Gasteiger partial charge is 0.311 e. The van der Waals surface area contributed by atoms with E-state index in [0.29, 0.717) is 6.04 Å². The molecule has 1 aromatic carbocycles. The molecule has 1 N–H and O–H groups in total. The smallest absolute Gasteiger partial charge is 0.0353 e. The molecule has 1 aliphatic carbocycles. The van der Waals surface area contributed by atoms with Crippen LogP contribution in [0.5, 0.6) is 0 Å². The van der Waals surface area contributed by atoms with E-state index in [1.807, 2.05) is 0 Å². The van der Waals surface area contributed by atoms with Gasteiger partial charge in [0, 0.05) is 24.2 Å². The van der Waals surface area contributed by atoms with Crippen LogP contribution in [-0.4, -0.2) is 29.6 Å². The maximum atomic E-state index is 3.79. The van der Waals surface area contributed by atoms with Gasteiger partial charge in [-0.3, -0.25) is 4.90 Å². The van der Waals surface area contributed by atoms with Gasteiger partial charge < -0.3 is 5.32 Å². The van der Waals surface area contributed by atoms with Gasteiger partial charge in [-0.15, -0.1) is 0 Å². The van der Waals surface area contributed by atoms with Crippen molar-refractivity contribution in [3.05, 3.63) is 35.4 Å². The van der Waals surface area contributed by atoms with E-state index in [4.69, 9.17) is 0 Å². The summed E-state index contributed by atoms with van der Waals surface area (Å²) in [6, 6.07) is 12.2. The van der Waals surface area contributed by atoms with Gasteiger partial charge in [0.15, 0.2) is 0 Å². The number of nitrogens with one attached hydrogen (secondary N) is 1. The zero-order valence-electron chi connectivity index (χ0n) is 13.2. The fraction of sp³-hybridized carbons (Fsp3) is 0.684. The maximum absolute atomic E-state index is 3.79. The van der Waals surface area contributed by atoms with Crippen molar-refractivity contribution in [3.8, 4) is 0 Å². The first-order chi connectivity index (χ1) is 10.3. The third-order valence-electron chi connectivity index (χ3n) is 6.02. The van der Waals surface area contributed by atoms with Crippen molar-refractivity contribution in [3.63, 3.8) is 0 Å². The van der Waals surface area contributed by atoms with Crippen LogP contribution in [0.15, 0.2) is 24.3 Å². The van der Waals surface area contributed by atoms with Crippen LogP contribution in [0.25, 0.3) is 0 Å². The van der Waals surface area contributed by atoms with Gasteiger partial charge in [-0.2, -0.15) is 0 Å². The lowest BCUT2D eigenvalue weighted by Gasteiger charge is -2.43. The molecule has 3 atom stereocenters. The molecule has 2 nitrogen and oxygen atoms in total. The van der Waals surface area contributed by atoms with E-state index < -0.39 is 0 Å². The Bertz CT molecular complexity index is 486. The van der Waals surface area contributed by atoms with Gasteiger partial charge in [0.25, 0.3) is 0 Å². The molecule has 0 aromatic heterocycles. The molecule has 2 heterocycles. The zero-order chi connectivity index (χ0) is 14.2. The lowest BCUT2D eigenvalue weighted by Crippen LogP contribution is -2.49. The van der Waals surface area contributed by atoms with Gasteiger partial charge in [0.05, 0.1) is 0 Å². The lowest BCUT2D eigenvalue weighted by molar-refractivity contribution is 0.0896. The van der Waals surface area contributed by atoms with Crippen LogP contribution < -0.4 is 5.32 Å². The Morgan fingerprint density at radius 1 is 1.10 bits per heavy atom. The van der Waals surface area contributed by atoms with E-state index in [2.05, 4.69) is 41.4 Å². The summed E-state index contributed by atoms with van der Waals surface area (Å²) in [6.07, 6.45) is 9.52. The molecule has 1 aromatic rings. The van der Waals surface area contributed by atoms with E-state index in [1.165, 1.54) is 51.5 Å². The number of fused-ring (bicyclic) bond motifs is 3. The first kappa shape index (κ1) is 13.8.